The van der Waals surface area contributed by atoms with Crippen LogP contribution >= 0.6 is 0 Å². The van der Waals surface area contributed by atoms with Crippen LogP contribution in [0.4, 0.5) is 10.1 Å². The van der Waals surface area contributed by atoms with Crippen LogP contribution in [0.25, 0.3) is 0 Å². The Labute approximate surface area is 124 Å². The molecule has 0 radical (unpaired) electrons. The van der Waals surface area contributed by atoms with Crippen molar-refractivity contribution < 1.29 is 9.18 Å². The third-order valence-corrected chi connectivity index (χ3v) is 6.54. The van der Waals surface area contributed by atoms with Gasteiger partial charge in [-0.3, -0.25) is 4.79 Å². The Morgan fingerprint density at radius 3 is 2.29 bits per heavy atom. The summed E-state index contributed by atoms with van der Waals surface area (Å²) in [6.07, 6.45) is 7.61. The van der Waals surface area contributed by atoms with Gasteiger partial charge in [0.2, 0.25) is 5.91 Å². The molecule has 1 amide bonds. The van der Waals surface area contributed by atoms with Crippen LogP contribution < -0.4 is 5.32 Å². The highest BCUT2D eigenvalue weighted by Gasteiger charge is 2.57. The van der Waals surface area contributed by atoms with E-state index in [0.29, 0.717) is 0 Å². The molecular formula is C18H20FNO. The zero-order valence-electron chi connectivity index (χ0n) is 12.1. The summed E-state index contributed by atoms with van der Waals surface area (Å²) in [7, 11) is 0. The molecule has 1 aromatic rings. The molecule has 0 aromatic heterocycles. The first kappa shape index (κ1) is 12.2. The molecule has 1 aromatic carbocycles. The number of fused-ring (bicyclic) bond motifs is 1. The second-order valence-electron chi connectivity index (χ2n) is 7.93. The molecule has 0 saturated heterocycles. The number of nitrogens with one attached hydrogen (secondary N) is 1. The Morgan fingerprint density at radius 1 is 1.05 bits per heavy atom. The standard InChI is InChI=1S/C18H20FNO/c19-13-1-2-15-14(6-13)16(17(21)20-15)18-7-10-3-11(8-18)5-12(4-10)9-18/h1-2,6,10-12,16H,3-5,7-9H2,(H,20,21). The normalized spacial score (nSPS) is 43.0. The molecule has 4 saturated carbocycles. The number of halogens is 1. The molecule has 4 fully saturated rings. The second-order valence-corrected chi connectivity index (χ2v) is 7.93. The number of carbonyl (C=O) groups excluding carboxylic acids is 1. The molecule has 5 aliphatic rings. The SMILES string of the molecule is O=C1Nc2ccc(F)cc2C1C12CC3CC(CC(C3)C1)C2. The zero-order chi connectivity index (χ0) is 14.2. The van der Waals surface area contributed by atoms with E-state index in [-0.39, 0.29) is 23.1 Å². The van der Waals surface area contributed by atoms with Crippen LogP contribution in [0.2, 0.25) is 0 Å². The number of carbonyl (C=O) groups is 1. The molecule has 1 heterocycles. The van der Waals surface area contributed by atoms with E-state index in [0.717, 1.165) is 29.0 Å². The Balaban J connectivity index is 1.62. The highest BCUT2D eigenvalue weighted by molar-refractivity contribution is 6.03. The number of rotatable bonds is 1. The third-order valence-electron chi connectivity index (χ3n) is 6.54. The van der Waals surface area contributed by atoms with Crippen molar-refractivity contribution in [2.75, 3.05) is 5.32 Å². The van der Waals surface area contributed by atoms with Crippen LogP contribution in [0.5, 0.6) is 0 Å². The third kappa shape index (κ3) is 1.60. The van der Waals surface area contributed by atoms with E-state index in [1.807, 2.05) is 0 Å². The number of hydrogen-bond acceptors (Lipinski definition) is 1. The van der Waals surface area contributed by atoms with E-state index in [4.69, 9.17) is 0 Å². The average Bonchev–Trinajstić information content (AvgIpc) is 2.72. The van der Waals surface area contributed by atoms with Crippen molar-refractivity contribution in [3.63, 3.8) is 0 Å². The topological polar surface area (TPSA) is 29.1 Å². The van der Waals surface area contributed by atoms with Crippen LogP contribution in [0, 0.1) is 29.0 Å². The van der Waals surface area contributed by atoms with Gasteiger partial charge >= 0.3 is 0 Å². The van der Waals surface area contributed by atoms with Crippen molar-refractivity contribution >= 4 is 11.6 Å². The molecule has 21 heavy (non-hydrogen) atoms. The summed E-state index contributed by atoms with van der Waals surface area (Å²) < 4.78 is 13.7. The maximum absolute atomic E-state index is 13.7. The summed E-state index contributed by atoms with van der Waals surface area (Å²) in [5.74, 6) is 2.19. The summed E-state index contributed by atoms with van der Waals surface area (Å²) in [5.41, 5.74) is 1.86. The predicted octanol–water partition coefficient (Wildman–Crippen LogP) is 4.08. The van der Waals surface area contributed by atoms with Gasteiger partial charge in [0.05, 0.1) is 5.92 Å². The summed E-state index contributed by atoms with van der Waals surface area (Å²) >= 11 is 0. The van der Waals surface area contributed by atoms with Crippen molar-refractivity contribution in [3.8, 4) is 0 Å². The van der Waals surface area contributed by atoms with Gasteiger partial charge < -0.3 is 5.32 Å². The van der Waals surface area contributed by atoms with E-state index in [1.54, 1.807) is 12.1 Å². The summed E-state index contributed by atoms with van der Waals surface area (Å²) in [6.45, 7) is 0. The monoisotopic (exact) mass is 285 g/mol. The first-order valence-electron chi connectivity index (χ1n) is 8.23. The molecule has 4 bridgehead atoms. The number of amides is 1. The quantitative estimate of drug-likeness (QED) is 0.827. The number of anilines is 1. The van der Waals surface area contributed by atoms with Crippen LogP contribution in [0.15, 0.2) is 18.2 Å². The van der Waals surface area contributed by atoms with Crippen LogP contribution in [0.1, 0.15) is 50.0 Å². The van der Waals surface area contributed by atoms with E-state index in [2.05, 4.69) is 5.32 Å². The van der Waals surface area contributed by atoms with E-state index in [1.165, 1.54) is 44.6 Å². The fourth-order valence-corrected chi connectivity index (χ4v) is 6.37. The van der Waals surface area contributed by atoms with E-state index < -0.39 is 0 Å². The molecule has 3 heteroatoms. The molecule has 110 valence electrons. The summed E-state index contributed by atoms with van der Waals surface area (Å²) in [4.78, 5) is 12.6. The lowest BCUT2D eigenvalue weighted by atomic mass is 9.46. The molecule has 2 nitrogen and oxygen atoms in total. The van der Waals surface area contributed by atoms with Gasteiger partial charge in [0.25, 0.3) is 0 Å². The molecule has 1 N–H and O–H groups in total. The maximum atomic E-state index is 13.7. The summed E-state index contributed by atoms with van der Waals surface area (Å²) in [5, 5.41) is 2.99. The van der Waals surface area contributed by atoms with Gasteiger partial charge in [-0.1, -0.05) is 0 Å². The molecular weight excluding hydrogens is 265 g/mol. The molecule has 1 atom stereocenters. The average molecular weight is 285 g/mol. The molecule has 4 aliphatic carbocycles. The van der Waals surface area contributed by atoms with Gasteiger partial charge in [0.15, 0.2) is 0 Å². The Hall–Kier alpha value is -1.38. The molecule has 1 unspecified atom stereocenters. The highest BCUT2D eigenvalue weighted by Crippen LogP contribution is 2.65. The summed E-state index contributed by atoms with van der Waals surface area (Å²) in [6, 6.07) is 4.76. The minimum Gasteiger partial charge on any atom is -0.325 e. The highest BCUT2D eigenvalue weighted by atomic mass is 19.1. The lowest BCUT2D eigenvalue weighted by molar-refractivity contribution is -0.127. The first-order valence-corrected chi connectivity index (χ1v) is 8.23. The minimum atomic E-state index is -0.222. The van der Waals surface area contributed by atoms with Crippen molar-refractivity contribution in [3.05, 3.63) is 29.6 Å². The Morgan fingerprint density at radius 2 is 1.67 bits per heavy atom. The lowest BCUT2D eigenvalue weighted by Gasteiger charge is -2.58. The van der Waals surface area contributed by atoms with Gasteiger partial charge in [-0.2, -0.15) is 0 Å². The van der Waals surface area contributed by atoms with Crippen LogP contribution in [-0.4, -0.2) is 5.91 Å². The predicted molar refractivity (Wildman–Crippen MR) is 78.4 cm³/mol. The minimum absolute atomic E-state index is 0.109. The van der Waals surface area contributed by atoms with Gasteiger partial charge in [-0.05, 0) is 85.5 Å². The first-order chi connectivity index (χ1) is 10.1. The largest absolute Gasteiger partial charge is 0.325 e. The van der Waals surface area contributed by atoms with Gasteiger partial charge in [-0.15, -0.1) is 0 Å². The van der Waals surface area contributed by atoms with Crippen molar-refractivity contribution in [1.82, 2.24) is 0 Å². The number of hydrogen-bond donors (Lipinski definition) is 1. The maximum Gasteiger partial charge on any atom is 0.232 e. The molecule has 1 aliphatic heterocycles. The van der Waals surface area contributed by atoms with Crippen molar-refractivity contribution in [2.45, 2.75) is 44.4 Å². The lowest BCUT2D eigenvalue weighted by Crippen LogP contribution is -2.50. The van der Waals surface area contributed by atoms with Crippen molar-refractivity contribution in [1.29, 1.82) is 0 Å². The van der Waals surface area contributed by atoms with Gasteiger partial charge in [0, 0.05) is 5.69 Å². The number of benzene rings is 1. The zero-order valence-corrected chi connectivity index (χ0v) is 12.1. The fourth-order valence-electron chi connectivity index (χ4n) is 6.37. The van der Waals surface area contributed by atoms with E-state index in [9.17, 15) is 9.18 Å². The van der Waals surface area contributed by atoms with Crippen LogP contribution in [0.3, 0.4) is 0 Å². The molecule has 6 rings (SSSR count). The molecule has 0 spiro atoms. The van der Waals surface area contributed by atoms with Crippen molar-refractivity contribution in [2.24, 2.45) is 23.2 Å². The fraction of sp³-hybridized carbons (Fsp3) is 0.611. The van der Waals surface area contributed by atoms with Crippen LogP contribution in [-0.2, 0) is 4.79 Å². The smallest absolute Gasteiger partial charge is 0.232 e. The Kier molecular flexibility index (Phi) is 2.25. The Bertz CT molecular complexity index is 603. The van der Waals surface area contributed by atoms with Gasteiger partial charge in [0.1, 0.15) is 5.82 Å². The van der Waals surface area contributed by atoms with E-state index >= 15 is 0 Å². The van der Waals surface area contributed by atoms with Gasteiger partial charge in [-0.25, -0.2) is 4.39 Å². The second kappa shape index (κ2) is 3.88.